The van der Waals surface area contributed by atoms with Crippen LogP contribution in [-0.4, -0.2) is 45.9 Å². The first-order chi connectivity index (χ1) is 13.3. The Balaban J connectivity index is 1.73. The fourth-order valence-corrected chi connectivity index (χ4v) is 3.54. The number of carbonyl (C=O) groups is 2. The van der Waals surface area contributed by atoms with Crippen LogP contribution < -0.4 is 5.32 Å². The van der Waals surface area contributed by atoms with Gasteiger partial charge in [0, 0.05) is 31.5 Å². The third-order valence-corrected chi connectivity index (χ3v) is 5.48. The highest BCUT2D eigenvalue weighted by Crippen LogP contribution is 2.20. The lowest BCUT2D eigenvalue weighted by Gasteiger charge is -2.30. The number of imidazole rings is 1. The predicted octanol–water partition coefficient (Wildman–Crippen LogP) is 3.00. The number of likely N-dealkylation sites (tertiary alicyclic amines) is 1. The van der Waals surface area contributed by atoms with Gasteiger partial charge in [0.2, 0.25) is 11.8 Å². The third kappa shape index (κ3) is 4.72. The fourth-order valence-electron chi connectivity index (χ4n) is 3.54. The number of piperidine rings is 1. The number of rotatable bonds is 5. The molecular weight excluding hydrogens is 352 g/mol. The molecule has 0 bridgehead atoms. The fraction of sp³-hybridized carbons (Fsp3) is 0.591. The highest BCUT2D eigenvalue weighted by molar-refractivity contribution is 5.82. The highest BCUT2D eigenvalue weighted by Gasteiger charge is 2.23. The number of nitrogens with zero attached hydrogens (tertiary/aromatic N) is 3. The molecule has 0 atom stereocenters. The summed E-state index contributed by atoms with van der Waals surface area (Å²) in [6, 6.07) is 7.90. The summed E-state index contributed by atoms with van der Waals surface area (Å²) in [5.74, 6) is 1.71. The Morgan fingerprint density at radius 2 is 1.86 bits per heavy atom. The lowest BCUT2D eigenvalue weighted by molar-refractivity contribution is -0.133. The first-order valence-electron chi connectivity index (χ1n) is 10.3. The lowest BCUT2D eigenvalue weighted by atomic mass is 9.96. The van der Waals surface area contributed by atoms with Gasteiger partial charge in [0.15, 0.2) is 0 Å². The standard InChI is InChI=1S/C22H32N4O2/c1-16-10-13-25(14-11-16)20(27)15-26-18-8-6-5-7-17(18)24-19(26)9-12-23-21(28)22(2,3)4/h5-8,16H,9-15H2,1-4H3,(H,23,28). The van der Waals surface area contributed by atoms with Gasteiger partial charge in [-0.2, -0.15) is 0 Å². The number of hydrogen-bond donors (Lipinski definition) is 1. The van der Waals surface area contributed by atoms with Gasteiger partial charge in [-0.05, 0) is 30.9 Å². The van der Waals surface area contributed by atoms with E-state index in [1.807, 2.05) is 54.5 Å². The van der Waals surface area contributed by atoms with E-state index in [2.05, 4.69) is 12.2 Å². The van der Waals surface area contributed by atoms with Gasteiger partial charge in [-0.1, -0.05) is 39.8 Å². The van der Waals surface area contributed by atoms with Gasteiger partial charge in [-0.15, -0.1) is 0 Å². The molecule has 2 heterocycles. The van der Waals surface area contributed by atoms with Crippen molar-refractivity contribution in [2.45, 2.75) is 53.5 Å². The van der Waals surface area contributed by atoms with Crippen LogP contribution in [0.25, 0.3) is 11.0 Å². The van der Waals surface area contributed by atoms with Gasteiger partial charge in [0.05, 0.1) is 11.0 Å². The zero-order valence-electron chi connectivity index (χ0n) is 17.5. The summed E-state index contributed by atoms with van der Waals surface area (Å²) in [5, 5.41) is 2.98. The predicted molar refractivity (Wildman–Crippen MR) is 111 cm³/mol. The molecule has 3 rings (SSSR count). The number of benzene rings is 1. The minimum atomic E-state index is -0.415. The van der Waals surface area contributed by atoms with Crippen molar-refractivity contribution >= 4 is 22.8 Å². The molecule has 1 aliphatic rings. The molecule has 0 aliphatic carbocycles. The van der Waals surface area contributed by atoms with E-state index in [1.165, 1.54) is 0 Å². The van der Waals surface area contributed by atoms with Gasteiger partial charge < -0.3 is 14.8 Å². The van der Waals surface area contributed by atoms with Crippen molar-refractivity contribution in [3.8, 4) is 0 Å². The first kappa shape index (κ1) is 20.4. The van der Waals surface area contributed by atoms with Gasteiger partial charge in [0.25, 0.3) is 0 Å². The van der Waals surface area contributed by atoms with Crippen LogP contribution >= 0.6 is 0 Å². The van der Waals surface area contributed by atoms with Crippen molar-refractivity contribution < 1.29 is 9.59 Å². The van der Waals surface area contributed by atoms with Crippen LogP contribution in [0.4, 0.5) is 0 Å². The van der Waals surface area contributed by atoms with E-state index in [4.69, 9.17) is 4.98 Å². The highest BCUT2D eigenvalue weighted by atomic mass is 16.2. The molecule has 0 saturated carbocycles. The molecule has 1 saturated heterocycles. The maximum Gasteiger partial charge on any atom is 0.242 e. The number of amides is 2. The van der Waals surface area contributed by atoms with E-state index in [1.54, 1.807) is 0 Å². The molecule has 28 heavy (non-hydrogen) atoms. The quantitative estimate of drug-likeness (QED) is 0.862. The molecule has 0 unspecified atom stereocenters. The summed E-state index contributed by atoms with van der Waals surface area (Å²) >= 11 is 0. The molecule has 1 aliphatic heterocycles. The summed E-state index contributed by atoms with van der Waals surface area (Å²) < 4.78 is 2.01. The van der Waals surface area contributed by atoms with E-state index in [0.717, 1.165) is 42.8 Å². The number of carbonyl (C=O) groups excluding carboxylic acids is 2. The number of para-hydroxylation sites is 2. The van der Waals surface area contributed by atoms with Gasteiger partial charge in [-0.25, -0.2) is 4.98 Å². The summed E-state index contributed by atoms with van der Waals surface area (Å²) in [6.45, 7) is 10.4. The Bertz CT molecular complexity index is 842. The summed E-state index contributed by atoms with van der Waals surface area (Å²) in [6.07, 6.45) is 2.74. The number of aromatic nitrogens is 2. The minimum Gasteiger partial charge on any atom is -0.355 e. The average molecular weight is 385 g/mol. The van der Waals surface area contributed by atoms with Crippen molar-refractivity contribution in [1.82, 2.24) is 19.8 Å². The molecule has 2 amide bonds. The Labute approximate surface area is 167 Å². The van der Waals surface area contributed by atoms with Crippen molar-refractivity contribution in [3.63, 3.8) is 0 Å². The second-order valence-corrected chi connectivity index (χ2v) is 8.92. The van der Waals surface area contributed by atoms with Crippen LogP contribution in [0.3, 0.4) is 0 Å². The SMILES string of the molecule is CC1CCN(C(=O)Cn2c(CCNC(=O)C(C)(C)C)nc3ccccc32)CC1. The Kier molecular flexibility index (Phi) is 6.06. The molecule has 0 spiro atoms. The van der Waals surface area contributed by atoms with Crippen molar-refractivity contribution in [3.05, 3.63) is 30.1 Å². The molecule has 1 aromatic heterocycles. The molecular formula is C22H32N4O2. The smallest absolute Gasteiger partial charge is 0.242 e. The zero-order valence-corrected chi connectivity index (χ0v) is 17.5. The van der Waals surface area contributed by atoms with E-state index >= 15 is 0 Å². The van der Waals surface area contributed by atoms with Crippen LogP contribution in [0, 0.1) is 11.3 Å². The topological polar surface area (TPSA) is 67.2 Å². The number of fused-ring (bicyclic) bond motifs is 1. The van der Waals surface area contributed by atoms with Crippen LogP contribution in [0.1, 0.15) is 46.4 Å². The van der Waals surface area contributed by atoms with Gasteiger partial charge in [-0.3, -0.25) is 9.59 Å². The van der Waals surface area contributed by atoms with E-state index in [-0.39, 0.29) is 11.8 Å². The normalized spacial score (nSPS) is 15.8. The third-order valence-electron chi connectivity index (χ3n) is 5.48. The monoisotopic (exact) mass is 384 g/mol. The minimum absolute atomic E-state index is 0.0219. The summed E-state index contributed by atoms with van der Waals surface area (Å²) in [5.41, 5.74) is 1.44. The number of nitrogens with one attached hydrogen (secondary N) is 1. The second-order valence-electron chi connectivity index (χ2n) is 8.92. The number of hydrogen-bond acceptors (Lipinski definition) is 3. The summed E-state index contributed by atoms with van der Waals surface area (Å²) in [7, 11) is 0. The first-order valence-corrected chi connectivity index (χ1v) is 10.3. The molecule has 1 N–H and O–H groups in total. The Morgan fingerprint density at radius 1 is 1.18 bits per heavy atom. The van der Waals surface area contributed by atoms with Crippen LogP contribution in [0.15, 0.2) is 24.3 Å². The Hall–Kier alpha value is -2.37. The van der Waals surface area contributed by atoms with E-state index in [0.29, 0.717) is 25.4 Å². The molecule has 6 nitrogen and oxygen atoms in total. The molecule has 2 aromatic rings. The van der Waals surface area contributed by atoms with Crippen molar-refractivity contribution in [1.29, 1.82) is 0 Å². The molecule has 1 aromatic carbocycles. The van der Waals surface area contributed by atoms with Crippen LogP contribution in [0.5, 0.6) is 0 Å². The Morgan fingerprint density at radius 3 is 2.54 bits per heavy atom. The molecule has 0 radical (unpaired) electrons. The largest absolute Gasteiger partial charge is 0.355 e. The lowest BCUT2D eigenvalue weighted by Crippen LogP contribution is -2.40. The molecule has 6 heteroatoms. The van der Waals surface area contributed by atoms with Gasteiger partial charge in [0.1, 0.15) is 12.4 Å². The molecule has 1 fully saturated rings. The van der Waals surface area contributed by atoms with Crippen molar-refractivity contribution in [2.75, 3.05) is 19.6 Å². The van der Waals surface area contributed by atoms with Crippen LogP contribution in [0.2, 0.25) is 0 Å². The van der Waals surface area contributed by atoms with E-state index < -0.39 is 5.41 Å². The van der Waals surface area contributed by atoms with E-state index in [9.17, 15) is 9.59 Å². The van der Waals surface area contributed by atoms with Crippen LogP contribution in [-0.2, 0) is 22.6 Å². The molecule has 152 valence electrons. The summed E-state index contributed by atoms with van der Waals surface area (Å²) in [4.78, 5) is 31.7. The van der Waals surface area contributed by atoms with Gasteiger partial charge >= 0.3 is 0 Å². The maximum atomic E-state index is 12.9. The average Bonchev–Trinajstić information content (AvgIpc) is 2.99. The second kappa shape index (κ2) is 8.33. The maximum absolute atomic E-state index is 12.9. The van der Waals surface area contributed by atoms with Crippen molar-refractivity contribution in [2.24, 2.45) is 11.3 Å². The zero-order chi connectivity index (χ0) is 20.3.